The maximum absolute atomic E-state index is 11.3. The van der Waals surface area contributed by atoms with Gasteiger partial charge in [-0.3, -0.25) is 0 Å². The van der Waals surface area contributed by atoms with Crippen molar-refractivity contribution in [3.8, 4) is 5.75 Å². The van der Waals surface area contributed by atoms with E-state index in [-0.39, 0.29) is 10.6 Å². The average molecular weight is 302 g/mol. The molecule has 0 radical (unpaired) electrons. The maximum Gasteiger partial charge on any atom is 0.225 e. The van der Waals surface area contributed by atoms with Crippen LogP contribution in [0.15, 0.2) is 46.4 Å². The summed E-state index contributed by atoms with van der Waals surface area (Å²) < 4.78 is 27.9. The van der Waals surface area contributed by atoms with Crippen LogP contribution in [0.5, 0.6) is 5.75 Å². The van der Waals surface area contributed by atoms with Crippen LogP contribution in [0.3, 0.4) is 0 Å². The van der Waals surface area contributed by atoms with Gasteiger partial charge in [-0.15, -0.1) is 0 Å². The van der Waals surface area contributed by atoms with E-state index in [4.69, 9.17) is 4.74 Å². The SMILES string of the molecule is O=S1(=O)C=C(COc2ccccc2)N=C1Br. The monoisotopic (exact) mass is 301 g/mol. The van der Waals surface area contributed by atoms with Crippen molar-refractivity contribution in [1.82, 2.24) is 0 Å². The highest BCUT2D eigenvalue weighted by atomic mass is 79.9. The molecule has 2 rings (SSSR count). The Morgan fingerprint density at radius 1 is 1.25 bits per heavy atom. The summed E-state index contributed by atoms with van der Waals surface area (Å²) in [5.41, 5.74) is 0.385. The normalized spacial score (nSPS) is 17.8. The number of hydrogen-bond donors (Lipinski definition) is 0. The van der Waals surface area contributed by atoms with Crippen LogP contribution in [-0.2, 0) is 9.84 Å². The fraction of sp³-hybridized carbons (Fsp3) is 0.100. The zero-order valence-electron chi connectivity index (χ0n) is 8.13. The summed E-state index contributed by atoms with van der Waals surface area (Å²) >= 11 is 2.88. The molecule has 0 fully saturated rings. The maximum atomic E-state index is 11.3. The number of hydrogen-bond acceptors (Lipinski definition) is 4. The van der Waals surface area contributed by atoms with Crippen molar-refractivity contribution in [2.24, 2.45) is 4.99 Å². The van der Waals surface area contributed by atoms with Gasteiger partial charge in [0.25, 0.3) is 0 Å². The van der Waals surface area contributed by atoms with Crippen molar-refractivity contribution in [2.45, 2.75) is 0 Å². The van der Waals surface area contributed by atoms with E-state index in [0.29, 0.717) is 11.4 Å². The van der Waals surface area contributed by atoms with E-state index >= 15 is 0 Å². The van der Waals surface area contributed by atoms with Gasteiger partial charge < -0.3 is 4.74 Å². The zero-order valence-corrected chi connectivity index (χ0v) is 10.5. The van der Waals surface area contributed by atoms with E-state index < -0.39 is 9.84 Å². The molecular weight excluding hydrogens is 294 g/mol. The topological polar surface area (TPSA) is 55.7 Å². The summed E-state index contributed by atoms with van der Waals surface area (Å²) in [5, 5.41) is 1.10. The molecular formula is C10H8BrNO3S. The van der Waals surface area contributed by atoms with Crippen molar-refractivity contribution in [2.75, 3.05) is 6.61 Å². The highest BCUT2D eigenvalue weighted by Crippen LogP contribution is 2.19. The summed E-state index contributed by atoms with van der Waals surface area (Å²) in [4.78, 5) is 3.84. The van der Waals surface area contributed by atoms with E-state index in [1.807, 2.05) is 18.2 Å². The Morgan fingerprint density at radius 3 is 2.50 bits per heavy atom. The van der Waals surface area contributed by atoms with E-state index in [1.54, 1.807) is 12.1 Å². The van der Waals surface area contributed by atoms with Gasteiger partial charge >= 0.3 is 0 Å². The molecule has 6 heteroatoms. The first kappa shape index (κ1) is 11.3. The van der Waals surface area contributed by atoms with Crippen molar-refractivity contribution < 1.29 is 13.2 Å². The van der Waals surface area contributed by atoms with E-state index in [0.717, 1.165) is 5.41 Å². The fourth-order valence-electron chi connectivity index (χ4n) is 1.17. The molecule has 0 aromatic heterocycles. The van der Waals surface area contributed by atoms with Crippen LogP contribution >= 0.6 is 15.9 Å². The molecule has 0 spiro atoms. The highest BCUT2D eigenvalue weighted by molar-refractivity contribution is 9.21. The molecule has 0 bridgehead atoms. The molecule has 0 N–H and O–H groups in total. The molecule has 84 valence electrons. The summed E-state index contributed by atoms with van der Waals surface area (Å²) in [6, 6.07) is 9.15. The number of nitrogens with zero attached hydrogens (tertiary/aromatic N) is 1. The lowest BCUT2D eigenvalue weighted by Crippen LogP contribution is -1.99. The third-order valence-electron chi connectivity index (χ3n) is 1.89. The molecule has 4 nitrogen and oxygen atoms in total. The van der Waals surface area contributed by atoms with Crippen LogP contribution in [0, 0.1) is 0 Å². The Bertz CT molecular complexity index is 549. The van der Waals surface area contributed by atoms with Crippen LogP contribution in [-0.4, -0.2) is 19.0 Å². The minimum absolute atomic E-state index is 0.0633. The minimum atomic E-state index is -3.35. The van der Waals surface area contributed by atoms with Crippen molar-refractivity contribution in [1.29, 1.82) is 0 Å². The first-order chi connectivity index (χ1) is 7.58. The Kier molecular flexibility index (Phi) is 3.11. The van der Waals surface area contributed by atoms with Gasteiger partial charge in [0.15, 0.2) is 0 Å². The number of aliphatic imine (C=N–C) groups is 1. The summed E-state index contributed by atoms with van der Waals surface area (Å²) in [7, 11) is -3.35. The third-order valence-corrected chi connectivity index (χ3v) is 4.56. The number of halogens is 1. The molecule has 1 aliphatic heterocycles. The van der Waals surface area contributed by atoms with Crippen LogP contribution in [0.2, 0.25) is 0 Å². The number of sulfone groups is 1. The Balaban J connectivity index is 2.04. The van der Waals surface area contributed by atoms with Gasteiger partial charge in [-0.1, -0.05) is 18.2 Å². The zero-order chi connectivity index (χ0) is 11.6. The van der Waals surface area contributed by atoms with Crippen LogP contribution in [0.4, 0.5) is 0 Å². The van der Waals surface area contributed by atoms with Gasteiger partial charge in [0.05, 0.1) is 11.1 Å². The van der Waals surface area contributed by atoms with Gasteiger partial charge in [0.2, 0.25) is 13.8 Å². The van der Waals surface area contributed by atoms with Crippen LogP contribution in [0.25, 0.3) is 0 Å². The highest BCUT2D eigenvalue weighted by Gasteiger charge is 2.22. The molecule has 1 aromatic carbocycles. The van der Waals surface area contributed by atoms with Gasteiger partial charge in [0, 0.05) is 0 Å². The predicted molar refractivity (Wildman–Crippen MR) is 65.3 cm³/mol. The minimum Gasteiger partial charge on any atom is -0.487 e. The Morgan fingerprint density at radius 2 is 1.94 bits per heavy atom. The molecule has 1 aromatic rings. The van der Waals surface area contributed by atoms with Crippen LogP contribution < -0.4 is 4.74 Å². The van der Waals surface area contributed by atoms with E-state index in [9.17, 15) is 8.42 Å². The lowest BCUT2D eigenvalue weighted by molar-refractivity contribution is 0.351. The van der Waals surface area contributed by atoms with Gasteiger partial charge in [-0.05, 0) is 28.1 Å². The molecule has 0 saturated carbocycles. The molecule has 0 unspecified atom stereocenters. The lowest BCUT2D eigenvalue weighted by Gasteiger charge is -2.03. The van der Waals surface area contributed by atoms with Crippen molar-refractivity contribution in [3.05, 3.63) is 41.4 Å². The second-order valence-electron chi connectivity index (χ2n) is 3.12. The summed E-state index contributed by atoms with van der Waals surface area (Å²) in [5.74, 6) is 0.680. The van der Waals surface area contributed by atoms with Gasteiger partial charge in [0.1, 0.15) is 12.4 Å². The molecule has 1 heterocycles. The molecule has 0 aliphatic carbocycles. The molecule has 16 heavy (non-hydrogen) atoms. The van der Waals surface area contributed by atoms with Crippen molar-refractivity contribution >= 4 is 29.7 Å². The molecule has 0 saturated heterocycles. The molecule has 1 aliphatic rings. The number of benzene rings is 1. The van der Waals surface area contributed by atoms with Gasteiger partial charge in [-0.25, -0.2) is 13.4 Å². The third kappa shape index (κ3) is 2.51. The van der Waals surface area contributed by atoms with Crippen LogP contribution in [0.1, 0.15) is 0 Å². The van der Waals surface area contributed by atoms with E-state index in [1.165, 1.54) is 0 Å². The Labute approximate surface area is 102 Å². The fourth-order valence-corrected chi connectivity index (χ4v) is 2.50. The lowest BCUT2D eigenvalue weighted by atomic mass is 10.3. The predicted octanol–water partition coefficient (Wildman–Crippen LogP) is 2.09. The smallest absolute Gasteiger partial charge is 0.225 e. The number of para-hydroxylation sites is 1. The molecule has 0 atom stereocenters. The number of ether oxygens (including phenoxy) is 1. The standard InChI is InChI=1S/C10H8BrNO3S/c11-10-12-8(7-16(10,13)14)6-15-9-4-2-1-3-5-9/h1-5,7H,6H2. The first-order valence-electron chi connectivity index (χ1n) is 4.46. The largest absolute Gasteiger partial charge is 0.487 e. The second-order valence-corrected chi connectivity index (χ2v) is 6.11. The number of rotatable bonds is 3. The summed E-state index contributed by atoms with van der Waals surface area (Å²) in [6.07, 6.45) is 0. The second kappa shape index (κ2) is 4.39. The molecule has 0 amide bonds. The Hall–Kier alpha value is -1.14. The van der Waals surface area contributed by atoms with Crippen molar-refractivity contribution in [3.63, 3.8) is 0 Å². The first-order valence-corrected chi connectivity index (χ1v) is 6.79. The summed E-state index contributed by atoms with van der Waals surface area (Å²) in [6.45, 7) is 0.137. The average Bonchev–Trinajstić information content (AvgIpc) is 2.52. The quantitative estimate of drug-likeness (QED) is 0.859. The van der Waals surface area contributed by atoms with E-state index in [2.05, 4.69) is 20.9 Å². The van der Waals surface area contributed by atoms with Gasteiger partial charge in [-0.2, -0.15) is 0 Å².